The molecular weight excluding hydrogens is 214 g/mol. The van der Waals surface area contributed by atoms with Crippen LogP contribution in [0, 0.1) is 0 Å². The van der Waals surface area contributed by atoms with Gasteiger partial charge in [-0.3, -0.25) is 0 Å². The summed E-state index contributed by atoms with van der Waals surface area (Å²) in [6.07, 6.45) is -1.45. The van der Waals surface area contributed by atoms with E-state index in [0.717, 1.165) is 0 Å². The summed E-state index contributed by atoms with van der Waals surface area (Å²) in [5, 5.41) is 11.1. The highest BCUT2D eigenvalue weighted by Crippen LogP contribution is 2.13. The molecule has 2 N–H and O–H groups in total. The van der Waals surface area contributed by atoms with Gasteiger partial charge in [0.2, 0.25) is 0 Å². The van der Waals surface area contributed by atoms with Crippen molar-refractivity contribution in [3.8, 4) is 0 Å². The van der Waals surface area contributed by atoms with Crippen LogP contribution in [0.25, 0.3) is 0 Å². The Morgan fingerprint density at radius 3 is 2.12 bits per heavy atom. The van der Waals surface area contributed by atoms with E-state index < -0.39 is 29.8 Å². The molecule has 0 spiro atoms. The van der Waals surface area contributed by atoms with Crippen LogP contribution in [0.5, 0.6) is 0 Å². The second-order valence-electron chi connectivity index (χ2n) is 4.39. The summed E-state index contributed by atoms with van der Waals surface area (Å²) in [5.41, 5.74) is -0.481. The van der Waals surface area contributed by atoms with E-state index >= 15 is 0 Å². The molecule has 0 aromatic carbocycles. The van der Waals surface area contributed by atoms with Crippen LogP contribution < -0.4 is 5.32 Å². The highest BCUT2D eigenvalue weighted by Gasteiger charge is 2.30. The fourth-order valence-corrected chi connectivity index (χ4v) is 1.19. The van der Waals surface area contributed by atoms with Gasteiger partial charge in [0.15, 0.2) is 6.04 Å². The van der Waals surface area contributed by atoms with Gasteiger partial charge < -0.3 is 19.9 Å². The van der Waals surface area contributed by atoms with Gasteiger partial charge in [-0.15, -0.1) is 0 Å². The number of carboxylic acids is 1. The molecule has 0 unspecified atom stereocenters. The van der Waals surface area contributed by atoms with Gasteiger partial charge in [0, 0.05) is 0 Å². The van der Waals surface area contributed by atoms with Crippen LogP contribution in [0.1, 0.15) is 27.7 Å². The first kappa shape index (κ1) is 14.7. The summed E-state index contributed by atoms with van der Waals surface area (Å²) < 4.78 is 9.80. The summed E-state index contributed by atoms with van der Waals surface area (Å²) in [4.78, 5) is 21.9. The quantitative estimate of drug-likeness (QED) is 0.756. The van der Waals surface area contributed by atoms with Crippen molar-refractivity contribution < 1.29 is 24.2 Å². The van der Waals surface area contributed by atoms with Crippen LogP contribution in [0.2, 0.25) is 0 Å². The Bertz CT molecular complexity index is 258. The average Bonchev–Trinajstić information content (AvgIpc) is 2.09. The standard InChI is InChI=1S/C10H19NO5/c1-6(16-10(2,3)4)7(8(12)13)11-9(14)15-5/h6-7H,1-5H3,(H,11,14)(H,12,13)/t6-,7+/m1/s1. The number of amides is 1. The molecule has 16 heavy (non-hydrogen) atoms. The van der Waals surface area contributed by atoms with Gasteiger partial charge >= 0.3 is 12.1 Å². The smallest absolute Gasteiger partial charge is 0.407 e. The van der Waals surface area contributed by atoms with Crippen molar-refractivity contribution in [2.75, 3.05) is 7.11 Å². The Kier molecular flexibility index (Phi) is 5.23. The molecule has 0 aliphatic carbocycles. The summed E-state index contributed by atoms with van der Waals surface area (Å²) in [5.74, 6) is -1.16. The Morgan fingerprint density at radius 2 is 1.81 bits per heavy atom. The lowest BCUT2D eigenvalue weighted by Gasteiger charge is -2.28. The number of methoxy groups -OCH3 is 1. The van der Waals surface area contributed by atoms with Crippen molar-refractivity contribution in [2.24, 2.45) is 0 Å². The average molecular weight is 233 g/mol. The third-order valence-electron chi connectivity index (χ3n) is 1.73. The summed E-state index contributed by atoms with van der Waals surface area (Å²) in [6.45, 7) is 7.00. The molecule has 0 rings (SSSR count). The zero-order valence-corrected chi connectivity index (χ0v) is 10.2. The topological polar surface area (TPSA) is 84.9 Å². The number of carbonyl (C=O) groups is 2. The minimum atomic E-state index is -1.16. The minimum Gasteiger partial charge on any atom is -0.480 e. The SMILES string of the molecule is COC(=O)N[C@H](C(=O)O)[C@@H](C)OC(C)(C)C. The highest BCUT2D eigenvalue weighted by molar-refractivity contribution is 5.80. The van der Waals surface area contributed by atoms with Gasteiger partial charge in [-0.25, -0.2) is 9.59 Å². The fraction of sp³-hybridized carbons (Fsp3) is 0.800. The Balaban J connectivity index is 4.53. The van der Waals surface area contributed by atoms with Crippen LogP contribution in [0.4, 0.5) is 4.79 Å². The minimum absolute atomic E-state index is 0.481. The first-order valence-electron chi connectivity index (χ1n) is 4.92. The lowest BCUT2D eigenvalue weighted by atomic mass is 10.1. The molecule has 2 atom stereocenters. The lowest BCUT2D eigenvalue weighted by Crippen LogP contribution is -2.50. The molecular formula is C10H19NO5. The first-order chi connectivity index (χ1) is 7.17. The number of carbonyl (C=O) groups excluding carboxylic acids is 1. The Morgan fingerprint density at radius 1 is 1.31 bits per heavy atom. The molecule has 6 nitrogen and oxygen atoms in total. The van der Waals surface area contributed by atoms with E-state index in [1.165, 1.54) is 7.11 Å². The number of aliphatic carboxylic acids is 1. The number of carboxylic acid groups (broad SMARTS) is 1. The van der Waals surface area contributed by atoms with E-state index in [0.29, 0.717) is 0 Å². The van der Waals surface area contributed by atoms with Gasteiger partial charge in [-0.05, 0) is 27.7 Å². The van der Waals surface area contributed by atoms with E-state index in [4.69, 9.17) is 9.84 Å². The number of ether oxygens (including phenoxy) is 2. The van der Waals surface area contributed by atoms with Crippen LogP contribution in [0.3, 0.4) is 0 Å². The third-order valence-corrected chi connectivity index (χ3v) is 1.73. The van der Waals surface area contributed by atoms with Gasteiger partial charge in [0.1, 0.15) is 0 Å². The molecule has 0 aromatic rings. The molecule has 1 amide bonds. The largest absolute Gasteiger partial charge is 0.480 e. The Hall–Kier alpha value is -1.30. The Labute approximate surface area is 94.9 Å². The first-order valence-corrected chi connectivity index (χ1v) is 4.92. The predicted molar refractivity (Wildman–Crippen MR) is 57.3 cm³/mol. The number of hydrogen-bond acceptors (Lipinski definition) is 4. The summed E-state index contributed by atoms with van der Waals surface area (Å²) >= 11 is 0. The maximum absolute atomic E-state index is 10.9. The molecule has 0 fully saturated rings. The van der Waals surface area contributed by atoms with E-state index in [9.17, 15) is 9.59 Å². The van der Waals surface area contributed by atoms with E-state index in [1.807, 2.05) is 0 Å². The molecule has 0 aromatic heterocycles. The lowest BCUT2D eigenvalue weighted by molar-refractivity contribution is -0.147. The summed E-state index contributed by atoms with van der Waals surface area (Å²) in [6, 6.07) is -1.13. The predicted octanol–water partition coefficient (Wildman–Crippen LogP) is 0.999. The van der Waals surface area contributed by atoms with Gasteiger partial charge in [0.25, 0.3) is 0 Å². The van der Waals surface area contributed by atoms with Crippen molar-refractivity contribution >= 4 is 12.1 Å². The van der Waals surface area contributed by atoms with Gasteiger partial charge in [-0.1, -0.05) is 0 Å². The third kappa shape index (κ3) is 5.55. The number of alkyl carbamates (subject to hydrolysis) is 1. The molecule has 0 saturated heterocycles. The molecule has 0 aliphatic heterocycles. The van der Waals surface area contributed by atoms with Crippen molar-refractivity contribution in [2.45, 2.75) is 45.4 Å². The van der Waals surface area contributed by atoms with Crippen molar-refractivity contribution in [3.05, 3.63) is 0 Å². The van der Waals surface area contributed by atoms with E-state index in [1.54, 1.807) is 27.7 Å². The molecule has 0 heterocycles. The number of nitrogens with one attached hydrogen (secondary N) is 1. The molecule has 6 heteroatoms. The normalized spacial score (nSPS) is 15.1. The molecule has 0 aliphatic rings. The van der Waals surface area contributed by atoms with Crippen LogP contribution in [-0.4, -0.2) is 42.0 Å². The van der Waals surface area contributed by atoms with Crippen molar-refractivity contribution in [1.82, 2.24) is 5.32 Å². The van der Waals surface area contributed by atoms with E-state index in [2.05, 4.69) is 10.1 Å². The maximum Gasteiger partial charge on any atom is 0.407 e. The van der Waals surface area contributed by atoms with E-state index in [-0.39, 0.29) is 0 Å². The maximum atomic E-state index is 10.9. The van der Waals surface area contributed by atoms with Crippen LogP contribution in [-0.2, 0) is 14.3 Å². The second kappa shape index (κ2) is 5.69. The monoisotopic (exact) mass is 233 g/mol. The van der Waals surface area contributed by atoms with Crippen LogP contribution in [0.15, 0.2) is 0 Å². The molecule has 0 bridgehead atoms. The fourth-order valence-electron chi connectivity index (χ4n) is 1.19. The zero-order valence-electron chi connectivity index (χ0n) is 10.2. The number of rotatable bonds is 4. The zero-order chi connectivity index (χ0) is 12.9. The second-order valence-corrected chi connectivity index (χ2v) is 4.39. The molecule has 0 saturated carbocycles. The van der Waals surface area contributed by atoms with Gasteiger partial charge in [-0.2, -0.15) is 0 Å². The van der Waals surface area contributed by atoms with Crippen molar-refractivity contribution in [3.63, 3.8) is 0 Å². The molecule has 94 valence electrons. The highest BCUT2D eigenvalue weighted by atomic mass is 16.5. The van der Waals surface area contributed by atoms with Gasteiger partial charge in [0.05, 0.1) is 18.8 Å². The van der Waals surface area contributed by atoms with Crippen molar-refractivity contribution in [1.29, 1.82) is 0 Å². The number of hydrogen-bond donors (Lipinski definition) is 2. The molecule has 0 radical (unpaired) electrons. The summed E-state index contributed by atoms with van der Waals surface area (Å²) in [7, 11) is 1.17. The van der Waals surface area contributed by atoms with Crippen LogP contribution >= 0.6 is 0 Å².